The molecule has 0 bridgehead atoms. The maximum absolute atomic E-state index is 11.0. The standard InChI is InChI=1S/C6H14NO3.ClH.H2O/c1-7(2,3)6(10)5(9)4-8;;/h5,8-9H,4H2,1-3H3;1H;1H2/q+1;;/p-1. The summed E-state index contributed by atoms with van der Waals surface area (Å²) in [5, 5.41) is 17.2. The first-order valence-corrected chi connectivity index (χ1v) is 3.04. The molecule has 0 aromatic heterocycles. The van der Waals surface area contributed by atoms with Crippen molar-refractivity contribution in [3.63, 3.8) is 0 Å². The summed E-state index contributed by atoms with van der Waals surface area (Å²) < 4.78 is 0.0295. The lowest BCUT2D eigenvalue weighted by Gasteiger charge is -2.22. The fourth-order valence-electron chi connectivity index (χ4n) is 0.525. The van der Waals surface area contributed by atoms with E-state index in [2.05, 4.69) is 0 Å². The lowest BCUT2D eigenvalue weighted by molar-refractivity contribution is -0.794. The van der Waals surface area contributed by atoms with Crippen molar-refractivity contribution in [1.82, 2.24) is 0 Å². The minimum absolute atomic E-state index is 0. The largest absolute Gasteiger partial charge is 1.00 e. The number of carbonyl (C=O) groups excluding carboxylic acids is 1. The van der Waals surface area contributed by atoms with Crippen LogP contribution in [0.15, 0.2) is 0 Å². The third-order valence-electron chi connectivity index (χ3n) is 1.12. The SMILES string of the molecule is C[N+](C)(C)C(=O)C(O)CO.O.[Cl-]. The number of hydrogen-bond donors (Lipinski definition) is 2. The normalized spacial score (nSPS) is 12.4. The molecule has 0 radical (unpaired) electrons. The average Bonchev–Trinajstić information content (AvgIpc) is 1.83. The fraction of sp³-hybridized carbons (Fsp3) is 0.833. The van der Waals surface area contributed by atoms with E-state index in [-0.39, 0.29) is 28.3 Å². The molecule has 1 amide bonds. The Bertz CT molecular complexity index is 134. The molecule has 0 aromatic carbocycles. The highest BCUT2D eigenvalue weighted by atomic mass is 35.5. The summed E-state index contributed by atoms with van der Waals surface area (Å²) in [6, 6.07) is 0. The van der Waals surface area contributed by atoms with E-state index in [9.17, 15) is 4.79 Å². The number of aliphatic hydroxyl groups excluding tert-OH is 2. The van der Waals surface area contributed by atoms with Gasteiger partial charge in [0.05, 0.1) is 27.7 Å². The van der Waals surface area contributed by atoms with Crippen molar-refractivity contribution < 1.29 is 37.4 Å². The Balaban J connectivity index is -0.000000405. The van der Waals surface area contributed by atoms with Crippen molar-refractivity contribution in [2.45, 2.75) is 6.10 Å². The average molecular weight is 202 g/mol. The monoisotopic (exact) mass is 201 g/mol. The zero-order valence-corrected chi connectivity index (χ0v) is 8.17. The van der Waals surface area contributed by atoms with Crippen LogP contribution in [0.1, 0.15) is 0 Å². The Labute approximate surface area is 77.9 Å². The zero-order valence-electron chi connectivity index (χ0n) is 7.41. The van der Waals surface area contributed by atoms with E-state index >= 15 is 0 Å². The molecule has 0 rings (SSSR count). The Kier molecular flexibility index (Phi) is 9.38. The molecule has 0 fully saturated rings. The molecule has 0 aliphatic heterocycles. The first kappa shape index (κ1) is 17.8. The lowest BCUT2D eigenvalue weighted by Crippen LogP contribution is -3.00. The van der Waals surface area contributed by atoms with Crippen molar-refractivity contribution in [2.75, 3.05) is 27.7 Å². The van der Waals surface area contributed by atoms with Gasteiger partial charge in [0, 0.05) is 0 Å². The number of hydrogen-bond acceptors (Lipinski definition) is 3. The molecule has 1 unspecified atom stereocenters. The highest BCUT2D eigenvalue weighted by Gasteiger charge is 2.27. The number of rotatable bonds is 2. The van der Waals surface area contributed by atoms with Gasteiger partial charge < -0.3 is 28.1 Å². The number of likely N-dealkylation sites (N-methyl/N-ethyl adjacent to an activating group) is 1. The summed E-state index contributed by atoms with van der Waals surface area (Å²) in [6.45, 7) is -0.506. The zero-order chi connectivity index (χ0) is 8.36. The third kappa shape index (κ3) is 5.45. The number of quaternary nitrogens is 1. The molecule has 76 valence electrons. The van der Waals surface area contributed by atoms with Crippen LogP contribution in [0.4, 0.5) is 0 Å². The molecule has 5 nitrogen and oxygen atoms in total. The topological polar surface area (TPSA) is 89.0 Å². The third-order valence-corrected chi connectivity index (χ3v) is 1.12. The van der Waals surface area contributed by atoms with Gasteiger partial charge in [-0.25, -0.2) is 4.79 Å². The first-order valence-electron chi connectivity index (χ1n) is 3.04. The number of amides is 1. The van der Waals surface area contributed by atoms with E-state index in [4.69, 9.17) is 10.2 Å². The van der Waals surface area contributed by atoms with Gasteiger partial charge in [-0.1, -0.05) is 0 Å². The highest BCUT2D eigenvalue weighted by molar-refractivity contribution is 5.73. The van der Waals surface area contributed by atoms with E-state index in [1.54, 1.807) is 21.1 Å². The van der Waals surface area contributed by atoms with Crippen LogP contribution < -0.4 is 12.4 Å². The summed E-state index contributed by atoms with van der Waals surface area (Å²) >= 11 is 0. The Morgan fingerprint density at radius 1 is 1.42 bits per heavy atom. The van der Waals surface area contributed by atoms with Crippen LogP contribution in [0.2, 0.25) is 0 Å². The molecule has 0 heterocycles. The van der Waals surface area contributed by atoms with Gasteiger partial charge in [0.25, 0.3) is 0 Å². The van der Waals surface area contributed by atoms with Crippen LogP contribution >= 0.6 is 0 Å². The molecular weight excluding hydrogens is 186 g/mol. The van der Waals surface area contributed by atoms with Gasteiger partial charge in [0.1, 0.15) is 0 Å². The predicted molar refractivity (Wildman–Crippen MR) is 39.7 cm³/mol. The van der Waals surface area contributed by atoms with Crippen molar-refractivity contribution >= 4 is 5.91 Å². The highest BCUT2D eigenvalue weighted by Crippen LogP contribution is 1.96. The van der Waals surface area contributed by atoms with Gasteiger partial charge in [0.15, 0.2) is 6.10 Å². The summed E-state index contributed by atoms with van der Waals surface area (Å²) in [4.78, 5) is 11.0. The first-order chi connectivity index (χ1) is 4.39. The van der Waals surface area contributed by atoms with Crippen LogP contribution in [0.5, 0.6) is 0 Å². The van der Waals surface area contributed by atoms with Crippen LogP contribution in [0, 0.1) is 0 Å². The minimum Gasteiger partial charge on any atom is -1.00 e. The van der Waals surface area contributed by atoms with E-state index in [1.807, 2.05) is 0 Å². The van der Waals surface area contributed by atoms with E-state index in [0.717, 1.165) is 0 Å². The van der Waals surface area contributed by atoms with Crippen molar-refractivity contribution in [3.8, 4) is 0 Å². The molecule has 0 spiro atoms. The molecule has 0 aliphatic carbocycles. The molecule has 0 aromatic rings. The molecule has 0 aliphatic rings. The van der Waals surface area contributed by atoms with Crippen molar-refractivity contribution in [2.24, 2.45) is 0 Å². The van der Waals surface area contributed by atoms with Crippen molar-refractivity contribution in [3.05, 3.63) is 0 Å². The summed E-state index contributed by atoms with van der Waals surface area (Å²) in [5.74, 6) is -0.387. The van der Waals surface area contributed by atoms with Crippen LogP contribution in [-0.4, -0.2) is 59.9 Å². The van der Waals surface area contributed by atoms with Gasteiger partial charge in [-0.3, -0.25) is 4.48 Å². The number of nitrogens with zero attached hydrogens (tertiary/aromatic N) is 1. The number of aliphatic hydroxyl groups is 2. The Morgan fingerprint density at radius 2 is 1.75 bits per heavy atom. The van der Waals surface area contributed by atoms with Crippen LogP contribution in [-0.2, 0) is 4.79 Å². The second kappa shape index (κ2) is 6.33. The second-order valence-electron chi connectivity index (χ2n) is 3.05. The van der Waals surface area contributed by atoms with Gasteiger partial charge in [-0.2, -0.15) is 0 Å². The second-order valence-corrected chi connectivity index (χ2v) is 3.05. The summed E-state index contributed by atoms with van der Waals surface area (Å²) in [6.07, 6.45) is -1.25. The Hall–Kier alpha value is -0.200. The van der Waals surface area contributed by atoms with Gasteiger partial charge in [-0.15, -0.1) is 0 Å². The van der Waals surface area contributed by atoms with E-state index in [1.165, 1.54) is 0 Å². The minimum atomic E-state index is -1.25. The molecule has 0 saturated heterocycles. The van der Waals surface area contributed by atoms with Crippen LogP contribution in [0.25, 0.3) is 0 Å². The summed E-state index contributed by atoms with van der Waals surface area (Å²) in [7, 11) is 4.92. The fourth-order valence-corrected chi connectivity index (χ4v) is 0.525. The van der Waals surface area contributed by atoms with Crippen LogP contribution in [0.3, 0.4) is 0 Å². The molecule has 12 heavy (non-hydrogen) atoms. The van der Waals surface area contributed by atoms with E-state index < -0.39 is 12.7 Å². The maximum Gasteiger partial charge on any atom is 0.344 e. The molecule has 6 heteroatoms. The smallest absolute Gasteiger partial charge is 0.344 e. The Morgan fingerprint density at radius 3 is 1.83 bits per heavy atom. The maximum atomic E-state index is 11.0. The molecule has 1 atom stereocenters. The number of carbonyl (C=O) groups is 1. The van der Waals surface area contributed by atoms with E-state index in [0.29, 0.717) is 0 Å². The molecular formula is C6H16ClNO4. The van der Waals surface area contributed by atoms with Gasteiger partial charge in [0.2, 0.25) is 0 Å². The lowest BCUT2D eigenvalue weighted by atomic mass is 10.3. The van der Waals surface area contributed by atoms with Gasteiger partial charge >= 0.3 is 5.91 Å². The van der Waals surface area contributed by atoms with Crippen molar-refractivity contribution in [1.29, 1.82) is 0 Å². The van der Waals surface area contributed by atoms with Gasteiger partial charge in [-0.05, 0) is 0 Å². The molecule has 4 N–H and O–H groups in total. The predicted octanol–water partition coefficient (Wildman–Crippen LogP) is -5.25. The molecule has 0 saturated carbocycles. The quantitative estimate of drug-likeness (QED) is 0.438. The number of halogens is 1. The summed E-state index contributed by atoms with van der Waals surface area (Å²) in [5.41, 5.74) is 0.